The average molecular weight is 472 g/mol. The maximum absolute atomic E-state index is 13.5. The topological polar surface area (TPSA) is 104 Å². The second kappa shape index (κ2) is 9.94. The number of nitrogens with zero attached hydrogens (tertiary/aromatic N) is 2. The first-order chi connectivity index (χ1) is 15.1. The molecular formula is C20H23F3N4O4S. The first-order valence-corrected chi connectivity index (χ1v) is 10.7. The number of morpholine rings is 1. The summed E-state index contributed by atoms with van der Waals surface area (Å²) in [7, 11) is 0. The van der Waals surface area contributed by atoms with Crippen LogP contribution in [0.15, 0.2) is 29.6 Å². The summed E-state index contributed by atoms with van der Waals surface area (Å²) in [6.07, 6.45) is -6.31. The summed E-state index contributed by atoms with van der Waals surface area (Å²) in [6, 6.07) is 5.94. The number of halogens is 3. The van der Waals surface area contributed by atoms with Crippen LogP contribution in [0, 0.1) is 6.92 Å². The normalized spacial score (nSPS) is 16.9. The molecule has 1 aromatic carbocycles. The molecule has 12 heteroatoms. The minimum absolute atomic E-state index is 0.210. The second-order valence-corrected chi connectivity index (χ2v) is 8.25. The van der Waals surface area contributed by atoms with Crippen molar-refractivity contribution in [1.82, 2.24) is 9.88 Å². The molecule has 0 radical (unpaired) electrons. The number of hydrogen-bond acceptors (Lipinski definition) is 7. The summed E-state index contributed by atoms with van der Waals surface area (Å²) in [6.45, 7) is 4.21. The Hall–Kier alpha value is -2.54. The molecule has 3 N–H and O–H groups in total. The molecule has 8 nitrogen and oxygen atoms in total. The molecule has 0 bridgehead atoms. The fraction of sp³-hybridized carbons (Fsp3) is 0.450. The molecule has 1 atom stereocenters. The Bertz CT molecular complexity index is 945. The van der Waals surface area contributed by atoms with Gasteiger partial charge in [0.15, 0.2) is 0 Å². The maximum Gasteiger partial charge on any atom is 0.424 e. The lowest BCUT2D eigenvalue weighted by molar-refractivity contribution is -0.266. The highest BCUT2D eigenvalue weighted by Crippen LogP contribution is 2.43. The smallest absolute Gasteiger partial charge is 0.379 e. The molecule has 1 aliphatic heterocycles. The van der Waals surface area contributed by atoms with E-state index in [4.69, 9.17) is 4.74 Å². The summed E-state index contributed by atoms with van der Waals surface area (Å²) in [4.78, 5) is 30.1. The molecule has 1 unspecified atom stereocenters. The van der Waals surface area contributed by atoms with Crippen LogP contribution in [0.3, 0.4) is 0 Å². The number of benzene rings is 1. The monoisotopic (exact) mass is 472 g/mol. The fourth-order valence-corrected chi connectivity index (χ4v) is 3.99. The first-order valence-electron chi connectivity index (χ1n) is 9.78. The molecule has 2 amide bonds. The third kappa shape index (κ3) is 6.03. The van der Waals surface area contributed by atoms with E-state index in [0.717, 1.165) is 0 Å². The highest BCUT2D eigenvalue weighted by Gasteiger charge is 2.58. The molecule has 2 aromatic rings. The molecule has 1 aliphatic rings. The van der Waals surface area contributed by atoms with Gasteiger partial charge in [0.1, 0.15) is 5.01 Å². The van der Waals surface area contributed by atoms with E-state index in [1.54, 1.807) is 0 Å². The molecular weight excluding hydrogens is 449 g/mol. The molecule has 0 spiro atoms. The van der Waals surface area contributed by atoms with Crippen molar-refractivity contribution in [2.75, 3.05) is 43.5 Å². The Balaban J connectivity index is 1.58. The van der Waals surface area contributed by atoms with E-state index < -0.39 is 29.1 Å². The molecule has 0 aliphatic carbocycles. The second-order valence-electron chi connectivity index (χ2n) is 7.39. The van der Waals surface area contributed by atoms with Crippen LogP contribution in [0.1, 0.15) is 17.1 Å². The zero-order valence-electron chi connectivity index (χ0n) is 17.2. The number of nitrogens with one attached hydrogen (secondary N) is 2. The summed E-state index contributed by atoms with van der Waals surface area (Å²) >= 11 is 0.640. The van der Waals surface area contributed by atoms with Crippen molar-refractivity contribution < 1.29 is 32.6 Å². The molecule has 1 aromatic heterocycles. The van der Waals surface area contributed by atoms with Crippen molar-refractivity contribution in [2.24, 2.45) is 0 Å². The Kier molecular flexibility index (Phi) is 7.49. The van der Waals surface area contributed by atoms with Gasteiger partial charge >= 0.3 is 6.18 Å². The molecule has 174 valence electrons. The fourth-order valence-electron chi connectivity index (χ4n) is 3.08. The zero-order chi connectivity index (χ0) is 23.4. The van der Waals surface area contributed by atoms with Gasteiger partial charge in [-0.3, -0.25) is 14.5 Å². The number of aryl methyl sites for hydroxylation is 1. The summed E-state index contributed by atoms with van der Waals surface area (Å²) < 4.78 is 45.8. The van der Waals surface area contributed by atoms with Crippen molar-refractivity contribution >= 4 is 34.5 Å². The number of carbonyl (C=O) groups excluding carboxylic acids is 2. The van der Waals surface area contributed by atoms with E-state index in [2.05, 4.69) is 15.6 Å². The van der Waals surface area contributed by atoms with Gasteiger partial charge in [-0.05, 0) is 31.2 Å². The van der Waals surface area contributed by atoms with Crippen molar-refractivity contribution in [3.05, 3.63) is 40.3 Å². The number of hydrogen-bond donors (Lipinski definition) is 3. The van der Waals surface area contributed by atoms with Crippen LogP contribution >= 0.6 is 11.3 Å². The van der Waals surface area contributed by atoms with Gasteiger partial charge < -0.3 is 20.5 Å². The standard InChI is InChI=1S/C20H23F3N4O4S/c1-13-12-32-18(24-13)19(30,20(21,22)23)10-16(28)25-14-2-4-15(5-3-14)26-17(29)11-27-6-8-31-9-7-27/h2-5,12,30H,6-11H2,1H3,(H,25,28)(H,26,29). The van der Waals surface area contributed by atoms with Gasteiger partial charge in [0.05, 0.1) is 26.2 Å². The SMILES string of the molecule is Cc1csc(C(O)(CC(=O)Nc2ccc(NC(=O)CN3CCOCC3)cc2)C(F)(F)F)n1. The summed E-state index contributed by atoms with van der Waals surface area (Å²) in [5, 5.41) is 16.1. The molecule has 2 heterocycles. The number of rotatable bonds is 7. The van der Waals surface area contributed by atoms with Crippen molar-refractivity contribution in [3.8, 4) is 0 Å². The highest BCUT2D eigenvalue weighted by atomic mass is 32.1. The van der Waals surface area contributed by atoms with Crippen molar-refractivity contribution in [3.63, 3.8) is 0 Å². The summed E-state index contributed by atoms with van der Waals surface area (Å²) in [5.41, 5.74) is -2.37. The molecule has 0 saturated carbocycles. The highest BCUT2D eigenvalue weighted by molar-refractivity contribution is 7.09. The van der Waals surface area contributed by atoms with Gasteiger partial charge in [-0.1, -0.05) is 0 Å². The van der Waals surface area contributed by atoms with Crippen LogP contribution in [0.25, 0.3) is 0 Å². The van der Waals surface area contributed by atoms with E-state index in [9.17, 15) is 27.9 Å². The number of carbonyl (C=O) groups is 2. The Morgan fingerprint density at radius 1 is 1.12 bits per heavy atom. The predicted molar refractivity (Wildman–Crippen MR) is 112 cm³/mol. The largest absolute Gasteiger partial charge is 0.424 e. The van der Waals surface area contributed by atoms with E-state index >= 15 is 0 Å². The van der Waals surface area contributed by atoms with Gasteiger partial charge in [0.25, 0.3) is 0 Å². The van der Waals surface area contributed by atoms with Crippen LogP contribution in [0.2, 0.25) is 0 Å². The summed E-state index contributed by atoms with van der Waals surface area (Å²) in [5.74, 6) is -1.24. The van der Waals surface area contributed by atoms with Crippen molar-refractivity contribution in [1.29, 1.82) is 0 Å². The zero-order valence-corrected chi connectivity index (χ0v) is 18.1. The number of aliphatic hydroxyl groups is 1. The quantitative estimate of drug-likeness (QED) is 0.572. The average Bonchev–Trinajstić information content (AvgIpc) is 3.16. The minimum atomic E-state index is -5.08. The number of anilines is 2. The number of aromatic nitrogens is 1. The van der Waals surface area contributed by atoms with Gasteiger partial charge in [-0.25, -0.2) is 4.98 Å². The van der Waals surface area contributed by atoms with Crippen LogP contribution in [-0.2, 0) is 19.9 Å². The van der Waals surface area contributed by atoms with Crippen LogP contribution in [0.5, 0.6) is 0 Å². The van der Waals surface area contributed by atoms with Crippen LogP contribution < -0.4 is 10.6 Å². The molecule has 1 fully saturated rings. The Morgan fingerprint density at radius 3 is 2.19 bits per heavy atom. The molecule has 32 heavy (non-hydrogen) atoms. The minimum Gasteiger partial charge on any atom is -0.379 e. The Labute approximate surface area is 186 Å². The third-order valence-electron chi connectivity index (χ3n) is 4.78. The first kappa shape index (κ1) is 24.1. The maximum atomic E-state index is 13.5. The van der Waals surface area contributed by atoms with Crippen molar-refractivity contribution in [2.45, 2.75) is 25.1 Å². The number of alkyl halides is 3. The van der Waals surface area contributed by atoms with Crippen LogP contribution in [-0.4, -0.2) is 65.8 Å². The van der Waals surface area contributed by atoms with E-state index in [0.29, 0.717) is 49.0 Å². The lowest BCUT2D eigenvalue weighted by atomic mass is 9.99. The number of thiazole rings is 1. The van der Waals surface area contributed by atoms with Gasteiger partial charge in [0, 0.05) is 35.5 Å². The molecule has 1 saturated heterocycles. The van der Waals surface area contributed by atoms with E-state index in [1.807, 2.05) is 4.90 Å². The van der Waals surface area contributed by atoms with Crippen LogP contribution in [0.4, 0.5) is 24.5 Å². The van der Waals surface area contributed by atoms with Gasteiger partial charge in [0.2, 0.25) is 17.4 Å². The van der Waals surface area contributed by atoms with E-state index in [-0.39, 0.29) is 18.1 Å². The van der Waals surface area contributed by atoms with Gasteiger partial charge in [-0.15, -0.1) is 11.3 Å². The molecule has 3 rings (SSSR count). The number of amides is 2. The Morgan fingerprint density at radius 2 is 1.69 bits per heavy atom. The van der Waals surface area contributed by atoms with E-state index in [1.165, 1.54) is 36.6 Å². The van der Waals surface area contributed by atoms with Gasteiger partial charge in [-0.2, -0.15) is 13.2 Å². The third-order valence-corrected chi connectivity index (χ3v) is 5.89. The lowest BCUT2D eigenvalue weighted by Gasteiger charge is -2.27. The number of ether oxygens (including phenoxy) is 1. The predicted octanol–water partition coefficient (Wildman–Crippen LogP) is 2.50. The lowest BCUT2D eigenvalue weighted by Crippen LogP contribution is -2.45.